The first-order chi connectivity index (χ1) is 23.6. The molecule has 3 aromatic carbocycles. The van der Waals surface area contributed by atoms with Crippen molar-refractivity contribution in [3.8, 4) is 11.1 Å². The van der Waals surface area contributed by atoms with Gasteiger partial charge in [0.15, 0.2) is 6.29 Å². The topological polar surface area (TPSA) is 110 Å². The zero-order valence-electron chi connectivity index (χ0n) is 28.4. The summed E-state index contributed by atoms with van der Waals surface area (Å²) in [5.74, 6) is -0.357. The van der Waals surface area contributed by atoms with Crippen LogP contribution in [0.3, 0.4) is 0 Å². The van der Waals surface area contributed by atoms with Gasteiger partial charge in [0.25, 0.3) is 5.91 Å². The number of aliphatic hydroxyl groups excluding tert-OH is 1. The number of likely N-dealkylation sites (tertiary alicyclic amines) is 1. The number of esters is 1. The van der Waals surface area contributed by atoms with Crippen LogP contribution in [0, 0.1) is 0 Å². The first kappa shape index (κ1) is 34.5. The highest BCUT2D eigenvalue weighted by molar-refractivity contribution is 5.93. The SMILES string of the molecule is CC(C)(C)OC(=O)[C@@H]1CCCN1C[C@H]1C[C@@H](c2ccc(CO)cc2)O[C@@H](c2cccc(-c3cccc(CNC(=O)c4cccnc4)c3)c2)O1. The van der Waals surface area contributed by atoms with Crippen LogP contribution >= 0.6 is 0 Å². The lowest BCUT2D eigenvalue weighted by molar-refractivity contribution is -0.253. The van der Waals surface area contributed by atoms with Crippen molar-refractivity contribution in [2.45, 2.75) is 83.3 Å². The van der Waals surface area contributed by atoms with Crippen LogP contribution in [0.2, 0.25) is 0 Å². The Morgan fingerprint density at radius 2 is 1.71 bits per heavy atom. The maximum absolute atomic E-state index is 13.1. The molecule has 0 bridgehead atoms. The van der Waals surface area contributed by atoms with Crippen molar-refractivity contribution < 1.29 is 28.9 Å². The molecule has 4 aromatic rings. The number of benzene rings is 3. The smallest absolute Gasteiger partial charge is 0.323 e. The molecule has 9 heteroatoms. The molecule has 2 fully saturated rings. The number of ether oxygens (including phenoxy) is 3. The van der Waals surface area contributed by atoms with Gasteiger partial charge >= 0.3 is 5.97 Å². The monoisotopic (exact) mass is 663 g/mol. The molecular formula is C40H45N3O6. The Balaban J connectivity index is 1.21. The molecule has 6 rings (SSSR count). The highest BCUT2D eigenvalue weighted by Gasteiger charge is 2.39. The summed E-state index contributed by atoms with van der Waals surface area (Å²) in [4.78, 5) is 31.9. The summed E-state index contributed by atoms with van der Waals surface area (Å²) in [7, 11) is 0. The van der Waals surface area contributed by atoms with Crippen molar-refractivity contribution in [2.24, 2.45) is 0 Å². The van der Waals surface area contributed by atoms with E-state index in [1.54, 1.807) is 24.5 Å². The van der Waals surface area contributed by atoms with Gasteiger partial charge in [-0.05, 0) is 92.2 Å². The molecule has 2 aliphatic rings. The van der Waals surface area contributed by atoms with Gasteiger partial charge in [-0.15, -0.1) is 0 Å². The predicted octanol–water partition coefficient (Wildman–Crippen LogP) is 6.52. The van der Waals surface area contributed by atoms with Crippen LogP contribution in [0.25, 0.3) is 11.1 Å². The third-order valence-electron chi connectivity index (χ3n) is 8.89. The predicted molar refractivity (Wildman–Crippen MR) is 186 cm³/mol. The molecule has 3 heterocycles. The molecule has 4 atom stereocenters. The number of nitrogens with zero attached hydrogens (tertiary/aromatic N) is 2. The molecule has 2 N–H and O–H groups in total. The van der Waals surface area contributed by atoms with E-state index in [1.807, 2.05) is 75.4 Å². The van der Waals surface area contributed by atoms with E-state index in [4.69, 9.17) is 14.2 Å². The average molecular weight is 664 g/mol. The Kier molecular flexibility index (Phi) is 10.8. The van der Waals surface area contributed by atoms with Gasteiger partial charge in [0, 0.05) is 37.5 Å². The Morgan fingerprint density at radius 3 is 2.45 bits per heavy atom. The third-order valence-corrected chi connectivity index (χ3v) is 8.89. The van der Waals surface area contributed by atoms with Crippen molar-refractivity contribution >= 4 is 11.9 Å². The second-order valence-electron chi connectivity index (χ2n) is 13.8. The minimum Gasteiger partial charge on any atom is -0.459 e. The first-order valence-electron chi connectivity index (χ1n) is 17.0. The molecule has 0 unspecified atom stereocenters. The number of rotatable bonds is 10. The highest BCUT2D eigenvalue weighted by Crippen LogP contribution is 2.39. The molecule has 0 aliphatic carbocycles. The van der Waals surface area contributed by atoms with Gasteiger partial charge < -0.3 is 24.6 Å². The molecular weight excluding hydrogens is 618 g/mol. The second kappa shape index (κ2) is 15.4. The highest BCUT2D eigenvalue weighted by atomic mass is 16.7. The van der Waals surface area contributed by atoms with E-state index in [1.165, 1.54) is 0 Å². The van der Waals surface area contributed by atoms with Crippen LogP contribution in [0.5, 0.6) is 0 Å². The van der Waals surface area contributed by atoms with Crippen LogP contribution in [-0.2, 0) is 32.2 Å². The van der Waals surface area contributed by atoms with Gasteiger partial charge in [0.1, 0.15) is 11.6 Å². The van der Waals surface area contributed by atoms with Gasteiger partial charge in [0.2, 0.25) is 0 Å². The molecule has 2 aliphatic heterocycles. The summed E-state index contributed by atoms with van der Waals surface area (Å²) in [6.45, 7) is 7.45. The number of aromatic nitrogens is 1. The van der Waals surface area contributed by atoms with Gasteiger partial charge in [-0.3, -0.25) is 19.5 Å². The number of nitrogens with one attached hydrogen (secondary N) is 1. The summed E-state index contributed by atoms with van der Waals surface area (Å²) in [6.07, 6.45) is 4.44. The molecule has 0 radical (unpaired) electrons. The first-order valence-corrected chi connectivity index (χ1v) is 17.0. The van der Waals surface area contributed by atoms with Crippen molar-refractivity contribution in [1.82, 2.24) is 15.2 Å². The van der Waals surface area contributed by atoms with E-state index < -0.39 is 11.9 Å². The van der Waals surface area contributed by atoms with Crippen molar-refractivity contribution in [1.29, 1.82) is 0 Å². The molecule has 1 aromatic heterocycles. The van der Waals surface area contributed by atoms with Crippen LogP contribution in [0.4, 0.5) is 0 Å². The van der Waals surface area contributed by atoms with E-state index >= 15 is 0 Å². The molecule has 0 spiro atoms. The normalized spacial score (nSPS) is 21.3. The Bertz CT molecular complexity index is 1720. The summed E-state index contributed by atoms with van der Waals surface area (Å²) < 4.78 is 19.1. The number of carbonyl (C=O) groups excluding carboxylic acids is 2. The van der Waals surface area contributed by atoms with Gasteiger partial charge in [0.05, 0.1) is 24.4 Å². The Hall–Kier alpha value is -4.41. The maximum atomic E-state index is 13.1. The van der Waals surface area contributed by atoms with E-state index in [2.05, 4.69) is 33.4 Å². The lowest BCUT2D eigenvalue weighted by atomic mass is 9.98. The van der Waals surface area contributed by atoms with Crippen LogP contribution < -0.4 is 5.32 Å². The molecule has 256 valence electrons. The van der Waals surface area contributed by atoms with Crippen molar-refractivity contribution in [3.05, 3.63) is 125 Å². The zero-order chi connectivity index (χ0) is 34.4. The van der Waals surface area contributed by atoms with Gasteiger partial charge in [-0.2, -0.15) is 0 Å². The lowest BCUT2D eigenvalue weighted by Crippen LogP contribution is -2.45. The van der Waals surface area contributed by atoms with Crippen LogP contribution in [-0.4, -0.2) is 57.7 Å². The van der Waals surface area contributed by atoms with E-state index in [0.29, 0.717) is 25.1 Å². The number of aliphatic hydroxyl groups is 1. The number of hydrogen-bond donors (Lipinski definition) is 2. The summed E-state index contributed by atoms with van der Waals surface area (Å²) in [5.41, 5.74) is 5.70. The fraction of sp³-hybridized carbons (Fsp3) is 0.375. The van der Waals surface area contributed by atoms with E-state index in [0.717, 1.165) is 52.8 Å². The van der Waals surface area contributed by atoms with E-state index in [9.17, 15) is 14.7 Å². The average Bonchev–Trinajstić information content (AvgIpc) is 3.58. The number of carbonyl (C=O) groups is 2. The number of hydrogen-bond acceptors (Lipinski definition) is 8. The number of amides is 1. The quantitative estimate of drug-likeness (QED) is 0.185. The Morgan fingerprint density at radius 1 is 0.939 bits per heavy atom. The van der Waals surface area contributed by atoms with Crippen LogP contribution in [0.1, 0.15) is 85.0 Å². The minimum atomic E-state index is -0.634. The largest absolute Gasteiger partial charge is 0.459 e. The van der Waals surface area contributed by atoms with Crippen molar-refractivity contribution in [3.63, 3.8) is 0 Å². The summed E-state index contributed by atoms with van der Waals surface area (Å²) in [6, 6.07) is 27.3. The third kappa shape index (κ3) is 8.99. The van der Waals surface area contributed by atoms with Crippen molar-refractivity contribution in [2.75, 3.05) is 13.1 Å². The molecule has 2 saturated heterocycles. The molecule has 0 saturated carbocycles. The number of pyridine rings is 1. The summed E-state index contributed by atoms with van der Waals surface area (Å²) in [5, 5.41) is 12.6. The maximum Gasteiger partial charge on any atom is 0.323 e. The summed E-state index contributed by atoms with van der Waals surface area (Å²) >= 11 is 0. The van der Waals surface area contributed by atoms with E-state index in [-0.39, 0.29) is 36.7 Å². The second-order valence-corrected chi connectivity index (χ2v) is 13.8. The van der Waals surface area contributed by atoms with Gasteiger partial charge in [-0.1, -0.05) is 60.7 Å². The van der Waals surface area contributed by atoms with Gasteiger partial charge in [-0.25, -0.2) is 0 Å². The van der Waals surface area contributed by atoms with Crippen LogP contribution in [0.15, 0.2) is 97.3 Å². The minimum absolute atomic E-state index is 0.0218. The lowest BCUT2D eigenvalue weighted by Gasteiger charge is -2.38. The molecule has 49 heavy (non-hydrogen) atoms. The molecule has 9 nitrogen and oxygen atoms in total. The molecule has 1 amide bonds. The zero-order valence-corrected chi connectivity index (χ0v) is 28.4. The fourth-order valence-corrected chi connectivity index (χ4v) is 6.48. The fourth-order valence-electron chi connectivity index (χ4n) is 6.48. The Labute approximate surface area is 288 Å². The standard InChI is InChI=1S/C40H45N3O6/c1-40(2,3)49-38(46)35-13-7-19-43(35)25-34-22-36(29-16-14-27(26-44)15-17-29)48-39(47-34)32-11-5-10-31(21-32)30-9-4-8-28(20-30)23-42-37(45)33-12-6-18-41-24-33/h4-6,8-12,14-18,20-21,24,34-36,39,44H,7,13,19,22-23,25-26H2,1-3H3,(H,42,45)/t34-,35+,36+,39+/m1/s1.